The first kappa shape index (κ1) is 13.4. The van der Waals surface area contributed by atoms with E-state index in [1.807, 2.05) is 12.1 Å². The summed E-state index contributed by atoms with van der Waals surface area (Å²) in [6, 6.07) is 10.4. The summed E-state index contributed by atoms with van der Waals surface area (Å²) in [5.74, 6) is 0. The molecule has 3 aromatic rings. The molecular formula is C15H18N6. The summed E-state index contributed by atoms with van der Waals surface area (Å²) in [5.41, 5.74) is 4.48. The second kappa shape index (κ2) is 5.78. The van der Waals surface area contributed by atoms with Crippen molar-refractivity contribution in [3.05, 3.63) is 54.1 Å². The standard InChI is InChI=1S/C15H18N6/c1-3-20-8-4-5-14(20)10-16-13-6-7-15(12(2)9-13)21-11-17-18-19-21/h4-9,11,16H,3,10H2,1-2H3. The van der Waals surface area contributed by atoms with Crippen LogP contribution in [0.4, 0.5) is 5.69 Å². The van der Waals surface area contributed by atoms with Crippen molar-refractivity contribution in [1.29, 1.82) is 0 Å². The highest BCUT2D eigenvalue weighted by Crippen LogP contribution is 2.18. The topological polar surface area (TPSA) is 60.6 Å². The van der Waals surface area contributed by atoms with Gasteiger partial charge in [-0.05, 0) is 60.2 Å². The fourth-order valence-corrected chi connectivity index (χ4v) is 2.41. The second-order valence-electron chi connectivity index (χ2n) is 4.89. The summed E-state index contributed by atoms with van der Waals surface area (Å²) in [4.78, 5) is 0. The van der Waals surface area contributed by atoms with Crippen LogP contribution in [0.2, 0.25) is 0 Å². The number of aromatic nitrogens is 5. The lowest BCUT2D eigenvalue weighted by Crippen LogP contribution is -2.06. The number of aryl methyl sites for hydroxylation is 2. The van der Waals surface area contributed by atoms with Crippen LogP contribution in [0.25, 0.3) is 5.69 Å². The number of anilines is 1. The Labute approximate surface area is 123 Å². The van der Waals surface area contributed by atoms with Gasteiger partial charge in [0.15, 0.2) is 0 Å². The molecule has 108 valence electrons. The Hall–Kier alpha value is -2.63. The lowest BCUT2D eigenvalue weighted by atomic mass is 10.2. The van der Waals surface area contributed by atoms with Crippen molar-refractivity contribution in [3.63, 3.8) is 0 Å². The molecule has 0 saturated heterocycles. The predicted octanol–water partition coefficient (Wildman–Crippen LogP) is 2.40. The van der Waals surface area contributed by atoms with E-state index < -0.39 is 0 Å². The second-order valence-corrected chi connectivity index (χ2v) is 4.89. The largest absolute Gasteiger partial charge is 0.379 e. The zero-order chi connectivity index (χ0) is 14.7. The van der Waals surface area contributed by atoms with Crippen LogP contribution in [0.15, 0.2) is 42.9 Å². The van der Waals surface area contributed by atoms with Crippen LogP contribution in [-0.2, 0) is 13.1 Å². The molecule has 2 aromatic heterocycles. The SMILES string of the molecule is CCn1cccc1CNc1ccc(-n2cnnn2)c(C)c1. The van der Waals surface area contributed by atoms with E-state index in [1.165, 1.54) is 5.69 Å². The molecule has 0 aliphatic heterocycles. The van der Waals surface area contributed by atoms with Gasteiger partial charge in [0.1, 0.15) is 6.33 Å². The van der Waals surface area contributed by atoms with Crippen LogP contribution in [0, 0.1) is 6.92 Å². The molecule has 0 radical (unpaired) electrons. The fraction of sp³-hybridized carbons (Fsp3) is 0.267. The van der Waals surface area contributed by atoms with Gasteiger partial charge in [-0.15, -0.1) is 5.10 Å². The van der Waals surface area contributed by atoms with Crippen molar-refractivity contribution in [1.82, 2.24) is 24.8 Å². The normalized spacial score (nSPS) is 10.8. The van der Waals surface area contributed by atoms with Gasteiger partial charge in [0, 0.05) is 24.1 Å². The number of benzene rings is 1. The van der Waals surface area contributed by atoms with Crippen molar-refractivity contribution in [2.24, 2.45) is 0 Å². The van der Waals surface area contributed by atoms with Crippen LogP contribution in [-0.4, -0.2) is 24.8 Å². The lowest BCUT2D eigenvalue weighted by Gasteiger charge is -2.11. The first-order chi connectivity index (χ1) is 10.3. The molecule has 0 atom stereocenters. The van der Waals surface area contributed by atoms with E-state index in [0.29, 0.717) is 0 Å². The van der Waals surface area contributed by atoms with E-state index in [-0.39, 0.29) is 0 Å². The number of nitrogens with zero attached hydrogens (tertiary/aromatic N) is 5. The first-order valence-electron chi connectivity index (χ1n) is 7.00. The summed E-state index contributed by atoms with van der Waals surface area (Å²) in [7, 11) is 0. The van der Waals surface area contributed by atoms with Crippen LogP contribution >= 0.6 is 0 Å². The van der Waals surface area contributed by atoms with Crippen molar-refractivity contribution < 1.29 is 0 Å². The smallest absolute Gasteiger partial charge is 0.143 e. The molecule has 1 aromatic carbocycles. The molecule has 6 nitrogen and oxygen atoms in total. The highest BCUT2D eigenvalue weighted by Gasteiger charge is 2.04. The molecule has 2 heterocycles. The van der Waals surface area contributed by atoms with Gasteiger partial charge >= 0.3 is 0 Å². The van der Waals surface area contributed by atoms with Crippen molar-refractivity contribution in [2.45, 2.75) is 26.9 Å². The number of nitrogens with one attached hydrogen (secondary N) is 1. The van der Waals surface area contributed by atoms with Gasteiger partial charge in [0.2, 0.25) is 0 Å². The molecule has 0 aliphatic rings. The van der Waals surface area contributed by atoms with E-state index in [0.717, 1.165) is 30.0 Å². The highest BCUT2D eigenvalue weighted by molar-refractivity contribution is 5.53. The average molecular weight is 282 g/mol. The maximum Gasteiger partial charge on any atom is 0.143 e. The number of hydrogen-bond acceptors (Lipinski definition) is 4. The molecule has 21 heavy (non-hydrogen) atoms. The monoisotopic (exact) mass is 282 g/mol. The molecule has 1 N–H and O–H groups in total. The Balaban J connectivity index is 1.74. The van der Waals surface area contributed by atoms with Crippen LogP contribution in [0.1, 0.15) is 18.2 Å². The maximum absolute atomic E-state index is 3.92. The summed E-state index contributed by atoms with van der Waals surface area (Å²) in [6.07, 6.45) is 3.70. The minimum atomic E-state index is 0.810. The molecule has 6 heteroatoms. The Morgan fingerprint density at radius 3 is 2.86 bits per heavy atom. The summed E-state index contributed by atoms with van der Waals surface area (Å²) in [6.45, 7) is 6.00. The molecule has 0 aliphatic carbocycles. The van der Waals surface area contributed by atoms with Crippen LogP contribution in [0.3, 0.4) is 0 Å². The van der Waals surface area contributed by atoms with Crippen LogP contribution in [0.5, 0.6) is 0 Å². The van der Waals surface area contributed by atoms with Gasteiger partial charge in [0.05, 0.1) is 12.2 Å². The molecule has 3 rings (SSSR count). The Kier molecular flexibility index (Phi) is 3.68. The van der Waals surface area contributed by atoms with Gasteiger partial charge in [-0.2, -0.15) is 0 Å². The third-order valence-corrected chi connectivity index (χ3v) is 3.53. The van der Waals surface area contributed by atoms with E-state index >= 15 is 0 Å². The quantitative estimate of drug-likeness (QED) is 0.780. The van der Waals surface area contributed by atoms with Crippen molar-refractivity contribution in [3.8, 4) is 5.69 Å². The Morgan fingerprint density at radius 2 is 2.14 bits per heavy atom. The predicted molar refractivity (Wildman–Crippen MR) is 81.3 cm³/mol. The Bertz CT molecular complexity index is 714. The minimum Gasteiger partial charge on any atom is -0.379 e. The van der Waals surface area contributed by atoms with Gasteiger partial charge in [-0.25, -0.2) is 4.68 Å². The van der Waals surface area contributed by atoms with Crippen molar-refractivity contribution >= 4 is 5.69 Å². The summed E-state index contributed by atoms with van der Waals surface area (Å²) >= 11 is 0. The summed E-state index contributed by atoms with van der Waals surface area (Å²) < 4.78 is 3.90. The van der Waals surface area contributed by atoms with Gasteiger partial charge in [-0.1, -0.05) is 0 Å². The maximum atomic E-state index is 3.92. The van der Waals surface area contributed by atoms with Crippen molar-refractivity contribution in [2.75, 3.05) is 5.32 Å². The molecule has 0 amide bonds. The highest BCUT2D eigenvalue weighted by atomic mass is 15.5. The third kappa shape index (κ3) is 2.79. The number of rotatable bonds is 5. The zero-order valence-corrected chi connectivity index (χ0v) is 12.2. The van der Waals surface area contributed by atoms with E-state index in [9.17, 15) is 0 Å². The molecule has 0 saturated carbocycles. The minimum absolute atomic E-state index is 0.810. The van der Waals surface area contributed by atoms with E-state index in [2.05, 4.69) is 63.7 Å². The fourth-order valence-electron chi connectivity index (χ4n) is 2.41. The first-order valence-corrected chi connectivity index (χ1v) is 7.00. The van der Waals surface area contributed by atoms with Crippen LogP contribution < -0.4 is 5.32 Å². The molecule has 0 bridgehead atoms. The van der Waals surface area contributed by atoms with Gasteiger partial charge in [0.25, 0.3) is 0 Å². The lowest BCUT2D eigenvalue weighted by molar-refractivity contribution is 0.724. The molecule has 0 spiro atoms. The Morgan fingerprint density at radius 1 is 1.24 bits per heavy atom. The van der Waals surface area contributed by atoms with E-state index in [1.54, 1.807) is 11.0 Å². The molecule has 0 fully saturated rings. The number of hydrogen-bond donors (Lipinski definition) is 1. The molecular weight excluding hydrogens is 264 g/mol. The van der Waals surface area contributed by atoms with Gasteiger partial charge in [-0.3, -0.25) is 0 Å². The van der Waals surface area contributed by atoms with E-state index in [4.69, 9.17) is 0 Å². The third-order valence-electron chi connectivity index (χ3n) is 3.53. The van der Waals surface area contributed by atoms with Gasteiger partial charge < -0.3 is 9.88 Å². The number of tetrazole rings is 1. The molecule has 0 unspecified atom stereocenters. The summed E-state index contributed by atoms with van der Waals surface area (Å²) in [5, 5.41) is 14.7. The average Bonchev–Trinajstić information content (AvgIpc) is 3.16. The zero-order valence-electron chi connectivity index (χ0n) is 12.2.